The fourth-order valence-corrected chi connectivity index (χ4v) is 2.61. The number of nitrogens with zero attached hydrogens (tertiary/aromatic N) is 6. The number of carbonyl (C=O) groups is 1. The van der Waals surface area contributed by atoms with Gasteiger partial charge in [0.1, 0.15) is 0 Å². The van der Waals surface area contributed by atoms with Gasteiger partial charge in [-0.1, -0.05) is 19.1 Å². The number of anilines is 1. The summed E-state index contributed by atoms with van der Waals surface area (Å²) in [6.45, 7) is 3.76. The number of benzene rings is 1. The average molecular weight is 400 g/mol. The molecule has 2 heterocycles. The summed E-state index contributed by atoms with van der Waals surface area (Å²) < 4.78 is 16.3. The van der Waals surface area contributed by atoms with Gasteiger partial charge in [-0.2, -0.15) is 9.78 Å². The third kappa shape index (κ3) is 4.00. The Morgan fingerprint density at radius 3 is 2.66 bits per heavy atom. The summed E-state index contributed by atoms with van der Waals surface area (Å²) in [4.78, 5) is 12.6. The van der Waals surface area contributed by atoms with Gasteiger partial charge in [0, 0.05) is 0 Å². The van der Waals surface area contributed by atoms with E-state index in [0.717, 1.165) is 0 Å². The van der Waals surface area contributed by atoms with Gasteiger partial charge in [0.2, 0.25) is 11.6 Å². The SMILES string of the molecule is COc1ccc(C=NNC(=O)c2nnn(-c3nonc3N)c2C(C)C)cc1OC. The number of nitrogen functional groups attached to an aromatic ring is 1. The summed E-state index contributed by atoms with van der Waals surface area (Å²) in [5.74, 6) is 0.688. The predicted molar refractivity (Wildman–Crippen MR) is 102 cm³/mol. The number of aromatic nitrogens is 5. The van der Waals surface area contributed by atoms with Crippen LogP contribution in [0, 0.1) is 0 Å². The molecule has 2 aromatic heterocycles. The zero-order valence-corrected chi connectivity index (χ0v) is 16.3. The minimum absolute atomic E-state index is 0.0373. The highest BCUT2D eigenvalue weighted by Gasteiger charge is 2.25. The molecule has 0 aliphatic heterocycles. The maximum Gasteiger partial charge on any atom is 0.293 e. The molecular formula is C17H20N8O4. The fraction of sp³-hybridized carbons (Fsp3) is 0.294. The van der Waals surface area contributed by atoms with E-state index in [1.54, 1.807) is 25.3 Å². The fourth-order valence-electron chi connectivity index (χ4n) is 2.61. The second kappa shape index (κ2) is 8.37. The van der Waals surface area contributed by atoms with E-state index in [-0.39, 0.29) is 23.2 Å². The first kappa shape index (κ1) is 19.8. The van der Waals surface area contributed by atoms with Crippen LogP contribution < -0.4 is 20.6 Å². The number of ether oxygens (including phenoxy) is 2. The lowest BCUT2D eigenvalue weighted by atomic mass is 10.1. The van der Waals surface area contributed by atoms with Crippen molar-refractivity contribution in [3.8, 4) is 17.3 Å². The number of amides is 1. The summed E-state index contributed by atoms with van der Waals surface area (Å²) in [7, 11) is 3.09. The largest absolute Gasteiger partial charge is 0.493 e. The zero-order chi connectivity index (χ0) is 21.0. The first-order chi connectivity index (χ1) is 14.0. The normalized spacial score (nSPS) is 11.2. The number of hydrogen-bond acceptors (Lipinski definition) is 10. The Kier molecular flexibility index (Phi) is 5.71. The second-order valence-corrected chi connectivity index (χ2v) is 6.18. The molecule has 12 heteroatoms. The molecular weight excluding hydrogens is 380 g/mol. The summed E-state index contributed by atoms with van der Waals surface area (Å²) in [5, 5.41) is 19.1. The highest BCUT2D eigenvalue weighted by molar-refractivity contribution is 5.94. The molecule has 12 nitrogen and oxygen atoms in total. The highest BCUT2D eigenvalue weighted by atomic mass is 16.6. The molecule has 152 valence electrons. The summed E-state index contributed by atoms with van der Waals surface area (Å²) in [5.41, 5.74) is 9.44. The van der Waals surface area contributed by atoms with Gasteiger partial charge in [-0.3, -0.25) is 4.79 Å². The van der Waals surface area contributed by atoms with Crippen molar-refractivity contribution in [2.45, 2.75) is 19.8 Å². The van der Waals surface area contributed by atoms with Crippen molar-refractivity contribution in [3.05, 3.63) is 35.2 Å². The van der Waals surface area contributed by atoms with Crippen molar-refractivity contribution >= 4 is 17.9 Å². The van der Waals surface area contributed by atoms with Crippen LogP contribution in [0.1, 0.15) is 41.5 Å². The van der Waals surface area contributed by atoms with E-state index in [9.17, 15) is 4.79 Å². The lowest BCUT2D eigenvalue weighted by Gasteiger charge is -2.08. The van der Waals surface area contributed by atoms with E-state index < -0.39 is 5.91 Å². The van der Waals surface area contributed by atoms with Crippen LogP contribution >= 0.6 is 0 Å². The maximum atomic E-state index is 12.6. The summed E-state index contributed by atoms with van der Waals surface area (Å²) >= 11 is 0. The van der Waals surface area contributed by atoms with Crippen LogP contribution in [0.4, 0.5) is 5.82 Å². The Bertz CT molecular complexity index is 1040. The van der Waals surface area contributed by atoms with Gasteiger partial charge >= 0.3 is 0 Å². The minimum Gasteiger partial charge on any atom is -0.493 e. The molecule has 1 aromatic carbocycles. The molecule has 0 saturated carbocycles. The highest BCUT2D eigenvalue weighted by Crippen LogP contribution is 2.27. The van der Waals surface area contributed by atoms with Crippen LogP contribution in [0.2, 0.25) is 0 Å². The number of methoxy groups -OCH3 is 2. The maximum absolute atomic E-state index is 12.6. The molecule has 0 aliphatic carbocycles. The van der Waals surface area contributed by atoms with Gasteiger partial charge in [-0.15, -0.1) is 5.10 Å². The van der Waals surface area contributed by atoms with Crippen molar-refractivity contribution in [1.29, 1.82) is 0 Å². The first-order valence-electron chi connectivity index (χ1n) is 8.55. The zero-order valence-electron chi connectivity index (χ0n) is 16.3. The van der Waals surface area contributed by atoms with Crippen molar-refractivity contribution in [1.82, 2.24) is 30.7 Å². The summed E-state index contributed by atoms with van der Waals surface area (Å²) in [6.07, 6.45) is 1.47. The molecule has 29 heavy (non-hydrogen) atoms. The quantitative estimate of drug-likeness (QED) is 0.438. The molecule has 0 aliphatic rings. The number of carbonyl (C=O) groups excluding carboxylic acids is 1. The standard InChI is InChI=1S/C17H20N8O4/c1-9(2)14-13(20-24-25(14)16-15(18)22-29-23-16)17(26)21-19-8-10-5-6-11(27-3)12(7-10)28-4/h5-9H,1-4H3,(H2,18,22)(H,21,26). The average Bonchev–Trinajstić information content (AvgIpc) is 3.33. The molecule has 0 bridgehead atoms. The molecule has 1 amide bonds. The molecule has 0 radical (unpaired) electrons. The van der Waals surface area contributed by atoms with E-state index in [0.29, 0.717) is 22.8 Å². The minimum atomic E-state index is -0.535. The van der Waals surface area contributed by atoms with Crippen LogP contribution in [0.15, 0.2) is 27.9 Å². The van der Waals surface area contributed by atoms with Crippen LogP contribution in [0.3, 0.4) is 0 Å². The Morgan fingerprint density at radius 2 is 2.03 bits per heavy atom. The Hall–Kier alpha value is -3.96. The van der Waals surface area contributed by atoms with Crippen LogP contribution in [0.25, 0.3) is 5.82 Å². The Balaban J connectivity index is 1.80. The van der Waals surface area contributed by atoms with Gasteiger partial charge in [-0.25, -0.2) is 10.1 Å². The lowest BCUT2D eigenvalue weighted by Crippen LogP contribution is -2.21. The van der Waals surface area contributed by atoms with Gasteiger partial charge in [-0.05, 0) is 40.0 Å². The summed E-state index contributed by atoms with van der Waals surface area (Å²) in [6, 6.07) is 5.23. The third-order valence-corrected chi connectivity index (χ3v) is 3.95. The van der Waals surface area contributed by atoms with E-state index in [4.69, 9.17) is 15.2 Å². The van der Waals surface area contributed by atoms with E-state index in [2.05, 4.69) is 35.8 Å². The lowest BCUT2D eigenvalue weighted by molar-refractivity contribution is 0.0948. The third-order valence-electron chi connectivity index (χ3n) is 3.95. The topological polar surface area (TPSA) is 156 Å². The van der Waals surface area contributed by atoms with Gasteiger partial charge in [0.15, 0.2) is 17.2 Å². The number of hydrogen-bond donors (Lipinski definition) is 2. The van der Waals surface area contributed by atoms with Crippen molar-refractivity contribution in [3.63, 3.8) is 0 Å². The molecule has 0 unspecified atom stereocenters. The van der Waals surface area contributed by atoms with Crippen molar-refractivity contribution < 1.29 is 18.9 Å². The Morgan fingerprint density at radius 1 is 1.28 bits per heavy atom. The number of nitrogens with two attached hydrogens (primary N) is 1. The second-order valence-electron chi connectivity index (χ2n) is 6.18. The van der Waals surface area contributed by atoms with Gasteiger partial charge in [0.05, 0.1) is 26.1 Å². The molecule has 0 fully saturated rings. The van der Waals surface area contributed by atoms with Crippen molar-refractivity contribution in [2.24, 2.45) is 5.10 Å². The molecule has 3 N–H and O–H groups in total. The van der Waals surface area contributed by atoms with E-state index in [1.165, 1.54) is 18.0 Å². The first-order valence-corrected chi connectivity index (χ1v) is 8.55. The van der Waals surface area contributed by atoms with Crippen LogP contribution in [0.5, 0.6) is 11.5 Å². The molecule has 0 saturated heterocycles. The van der Waals surface area contributed by atoms with Crippen molar-refractivity contribution in [2.75, 3.05) is 20.0 Å². The van der Waals surface area contributed by atoms with Crippen LogP contribution in [-0.4, -0.2) is 51.6 Å². The van der Waals surface area contributed by atoms with Crippen LogP contribution in [-0.2, 0) is 0 Å². The molecule has 3 rings (SSSR count). The van der Waals surface area contributed by atoms with E-state index in [1.807, 2.05) is 13.8 Å². The van der Waals surface area contributed by atoms with E-state index >= 15 is 0 Å². The smallest absolute Gasteiger partial charge is 0.293 e. The predicted octanol–water partition coefficient (Wildman–Crippen LogP) is 1.14. The number of hydrazone groups is 1. The van der Waals surface area contributed by atoms with Gasteiger partial charge in [0.25, 0.3) is 5.91 Å². The monoisotopic (exact) mass is 400 g/mol. The Labute approximate surface area is 165 Å². The number of nitrogens with one attached hydrogen (secondary N) is 1. The molecule has 0 spiro atoms. The number of rotatable bonds is 7. The molecule has 0 atom stereocenters. The molecule has 3 aromatic rings. The van der Waals surface area contributed by atoms with Gasteiger partial charge < -0.3 is 15.2 Å².